The number of hydrogen-bond acceptors (Lipinski definition) is 4. The maximum atomic E-state index is 4.17. The predicted octanol–water partition coefficient (Wildman–Crippen LogP) is 2.06. The Hall–Kier alpha value is -0.900. The molecule has 2 heterocycles. The molecular weight excluding hydrogens is 206 g/mol. The van der Waals surface area contributed by atoms with Gasteiger partial charge in [-0.05, 0) is 18.2 Å². The molecule has 0 aliphatic carbocycles. The van der Waals surface area contributed by atoms with E-state index < -0.39 is 0 Å². The van der Waals surface area contributed by atoms with Crippen LogP contribution < -0.4 is 10.2 Å². The molecule has 1 aromatic rings. The highest BCUT2D eigenvalue weighted by atomic mass is 32.2. The van der Waals surface area contributed by atoms with Crippen LogP contribution in [0, 0.1) is 0 Å². The third-order valence-corrected chi connectivity index (χ3v) is 3.73. The fraction of sp³-hybridized carbons (Fsp3) is 0.545. The van der Waals surface area contributed by atoms with Gasteiger partial charge in [-0.1, -0.05) is 0 Å². The topological polar surface area (TPSA) is 28.2 Å². The van der Waals surface area contributed by atoms with Gasteiger partial charge in [0.05, 0.1) is 17.6 Å². The van der Waals surface area contributed by atoms with Gasteiger partial charge in [0.2, 0.25) is 0 Å². The second-order valence-electron chi connectivity index (χ2n) is 3.99. The second kappa shape index (κ2) is 4.75. The maximum absolute atomic E-state index is 4.17. The zero-order valence-electron chi connectivity index (χ0n) is 9.23. The van der Waals surface area contributed by atoms with E-state index in [0.717, 1.165) is 5.69 Å². The summed E-state index contributed by atoms with van der Waals surface area (Å²) in [6.07, 6.45) is 5.01. The van der Waals surface area contributed by atoms with E-state index in [1.165, 1.54) is 23.6 Å². The van der Waals surface area contributed by atoms with E-state index in [4.69, 9.17) is 0 Å². The van der Waals surface area contributed by atoms with Gasteiger partial charge in [-0.15, -0.1) is 0 Å². The lowest BCUT2D eigenvalue weighted by Crippen LogP contribution is -2.20. The van der Waals surface area contributed by atoms with Crippen LogP contribution in [0.5, 0.6) is 0 Å². The molecule has 4 heteroatoms. The van der Waals surface area contributed by atoms with Crippen molar-refractivity contribution in [1.29, 1.82) is 0 Å². The molecule has 0 bridgehead atoms. The summed E-state index contributed by atoms with van der Waals surface area (Å²) in [6, 6.07) is 2.66. The average Bonchev–Trinajstić information content (AvgIpc) is 2.71. The fourth-order valence-corrected chi connectivity index (χ4v) is 2.91. The number of rotatable bonds is 3. The number of thioether (sulfide) groups is 1. The molecule has 1 atom stereocenters. The third-order valence-electron chi connectivity index (χ3n) is 2.57. The molecule has 1 aliphatic heterocycles. The first-order chi connectivity index (χ1) is 7.27. The van der Waals surface area contributed by atoms with Crippen LogP contribution in [0.4, 0.5) is 11.4 Å². The van der Waals surface area contributed by atoms with Crippen molar-refractivity contribution in [3.63, 3.8) is 0 Å². The first-order valence-corrected chi connectivity index (χ1v) is 6.38. The smallest absolute Gasteiger partial charge is 0.0766 e. The quantitative estimate of drug-likeness (QED) is 0.849. The van der Waals surface area contributed by atoms with E-state index in [1.54, 1.807) is 0 Å². The highest BCUT2D eigenvalue weighted by Crippen LogP contribution is 2.26. The van der Waals surface area contributed by atoms with E-state index >= 15 is 0 Å². The summed E-state index contributed by atoms with van der Waals surface area (Å²) < 4.78 is 0. The Morgan fingerprint density at radius 2 is 2.40 bits per heavy atom. The Labute approximate surface area is 95.3 Å². The molecule has 3 nitrogen and oxygen atoms in total. The van der Waals surface area contributed by atoms with Crippen molar-refractivity contribution in [2.45, 2.75) is 12.5 Å². The van der Waals surface area contributed by atoms with Crippen molar-refractivity contribution >= 4 is 23.1 Å². The molecule has 0 saturated carbocycles. The van der Waals surface area contributed by atoms with Gasteiger partial charge >= 0.3 is 0 Å². The van der Waals surface area contributed by atoms with Crippen LogP contribution in [0.2, 0.25) is 0 Å². The van der Waals surface area contributed by atoms with Crippen molar-refractivity contribution in [2.75, 3.05) is 35.8 Å². The Balaban J connectivity index is 2.12. The highest BCUT2D eigenvalue weighted by molar-refractivity contribution is 7.99. The SMILES string of the molecule is CN(C)c1ccncc1NC1CCSC1. The Bertz CT molecular complexity index is 321. The predicted molar refractivity (Wildman–Crippen MR) is 67.9 cm³/mol. The van der Waals surface area contributed by atoms with Crippen molar-refractivity contribution in [1.82, 2.24) is 4.98 Å². The first kappa shape index (κ1) is 10.6. The summed E-state index contributed by atoms with van der Waals surface area (Å²) in [4.78, 5) is 6.29. The van der Waals surface area contributed by atoms with Gasteiger partial charge in [0.15, 0.2) is 0 Å². The van der Waals surface area contributed by atoms with E-state index in [-0.39, 0.29) is 0 Å². The van der Waals surface area contributed by atoms with Crippen LogP contribution in [-0.2, 0) is 0 Å². The number of pyridine rings is 1. The molecule has 1 fully saturated rings. The summed E-state index contributed by atoms with van der Waals surface area (Å²) in [5.41, 5.74) is 2.36. The zero-order valence-corrected chi connectivity index (χ0v) is 10.0. The second-order valence-corrected chi connectivity index (χ2v) is 5.14. The lowest BCUT2D eigenvalue weighted by molar-refractivity contribution is 0.811. The molecule has 0 amide bonds. The molecular formula is C11H17N3S. The number of nitrogens with one attached hydrogen (secondary N) is 1. The number of hydrogen-bond donors (Lipinski definition) is 1. The minimum absolute atomic E-state index is 0.609. The third kappa shape index (κ3) is 2.56. The minimum Gasteiger partial charge on any atom is -0.379 e. The minimum atomic E-state index is 0.609. The lowest BCUT2D eigenvalue weighted by Gasteiger charge is -2.20. The molecule has 82 valence electrons. The number of anilines is 2. The molecule has 15 heavy (non-hydrogen) atoms. The molecule has 0 spiro atoms. The Morgan fingerprint density at radius 1 is 1.53 bits per heavy atom. The highest BCUT2D eigenvalue weighted by Gasteiger charge is 2.16. The van der Waals surface area contributed by atoms with Gasteiger partial charge in [0, 0.05) is 32.1 Å². The standard InChI is InChI=1S/C11H17N3S/c1-14(2)11-3-5-12-7-10(11)13-9-4-6-15-8-9/h3,5,7,9,13H,4,6,8H2,1-2H3. The van der Waals surface area contributed by atoms with Gasteiger partial charge in [-0.2, -0.15) is 11.8 Å². The Kier molecular flexibility index (Phi) is 3.36. The lowest BCUT2D eigenvalue weighted by atomic mass is 10.2. The van der Waals surface area contributed by atoms with Crippen LogP contribution in [0.1, 0.15) is 6.42 Å². The van der Waals surface area contributed by atoms with Gasteiger partial charge in [-0.25, -0.2) is 0 Å². The summed E-state index contributed by atoms with van der Waals surface area (Å²) >= 11 is 2.02. The van der Waals surface area contributed by atoms with E-state index in [9.17, 15) is 0 Å². The fourth-order valence-electron chi connectivity index (χ4n) is 1.76. The molecule has 1 aromatic heterocycles. The van der Waals surface area contributed by atoms with Crippen LogP contribution in [0.25, 0.3) is 0 Å². The molecule has 0 radical (unpaired) electrons. The van der Waals surface area contributed by atoms with E-state index in [1.807, 2.05) is 30.2 Å². The van der Waals surface area contributed by atoms with Gasteiger partial charge < -0.3 is 10.2 Å². The van der Waals surface area contributed by atoms with Gasteiger partial charge in [-0.3, -0.25) is 4.98 Å². The molecule has 2 rings (SSSR count). The van der Waals surface area contributed by atoms with E-state index in [0.29, 0.717) is 6.04 Å². The zero-order chi connectivity index (χ0) is 10.7. The summed E-state index contributed by atoms with van der Waals surface area (Å²) in [7, 11) is 4.12. The molecule has 1 N–H and O–H groups in total. The van der Waals surface area contributed by atoms with Crippen LogP contribution >= 0.6 is 11.8 Å². The number of nitrogens with zero attached hydrogens (tertiary/aromatic N) is 2. The van der Waals surface area contributed by atoms with Gasteiger partial charge in [0.25, 0.3) is 0 Å². The summed E-state index contributed by atoms with van der Waals surface area (Å²) in [5.74, 6) is 2.48. The largest absolute Gasteiger partial charge is 0.379 e. The Morgan fingerprint density at radius 3 is 3.07 bits per heavy atom. The van der Waals surface area contributed by atoms with Crippen molar-refractivity contribution < 1.29 is 0 Å². The van der Waals surface area contributed by atoms with E-state index in [2.05, 4.69) is 29.3 Å². The van der Waals surface area contributed by atoms with Crippen molar-refractivity contribution in [3.8, 4) is 0 Å². The van der Waals surface area contributed by atoms with Crippen LogP contribution in [0.3, 0.4) is 0 Å². The monoisotopic (exact) mass is 223 g/mol. The van der Waals surface area contributed by atoms with Gasteiger partial charge in [0.1, 0.15) is 0 Å². The van der Waals surface area contributed by atoms with Crippen molar-refractivity contribution in [3.05, 3.63) is 18.5 Å². The number of aromatic nitrogens is 1. The average molecular weight is 223 g/mol. The summed E-state index contributed by atoms with van der Waals surface area (Å²) in [5, 5.41) is 3.57. The molecule has 1 aliphatic rings. The maximum Gasteiger partial charge on any atom is 0.0766 e. The summed E-state index contributed by atoms with van der Waals surface area (Å²) in [6.45, 7) is 0. The molecule has 0 aromatic carbocycles. The normalized spacial score (nSPS) is 20.3. The first-order valence-electron chi connectivity index (χ1n) is 5.23. The van der Waals surface area contributed by atoms with Crippen molar-refractivity contribution in [2.24, 2.45) is 0 Å². The molecule has 1 unspecified atom stereocenters. The van der Waals surface area contributed by atoms with Crippen LogP contribution in [-0.4, -0.2) is 36.6 Å². The van der Waals surface area contributed by atoms with Crippen LogP contribution in [0.15, 0.2) is 18.5 Å². The molecule has 1 saturated heterocycles.